The minimum atomic E-state index is -0.445. The summed E-state index contributed by atoms with van der Waals surface area (Å²) in [6.45, 7) is 3.81. The van der Waals surface area contributed by atoms with E-state index in [1.165, 1.54) is 6.07 Å². The van der Waals surface area contributed by atoms with Gasteiger partial charge in [-0.05, 0) is 50.7 Å². The molecule has 1 N–H and O–H groups in total. The molecule has 1 aromatic heterocycles. The molecule has 0 saturated carbocycles. The molecule has 0 unspecified atom stereocenters. The van der Waals surface area contributed by atoms with E-state index in [4.69, 9.17) is 16.1 Å². The molecule has 1 aliphatic heterocycles. The first-order chi connectivity index (χ1) is 11.0. The van der Waals surface area contributed by atoms with Crippen molar-refractivity contribution in [2.75, 3.05) is 20.1 Å². The molecule has 1 saturated heterocycles. The molecule has 0 spiro atoms. The SMILES string of the molecule is Cc1nc([C@H](NC2CCN(C)CC2)c2ccc(Cl)c(F)c2)no1. The minimum absolute atomic E-state index is 0.107. The van der Waals surface area contributed by atoms with Crippen LogP contribution in [-0.4, -0.2) is 41.2 Å². The summed E-state index contributed by atoms with van der Waals surface area (Å²) in [5, 5.41) is 7.67. The normalized spacial score (nSPS) is 18.3. The largest absolute Gasteiger partial charge is 0.340 e. The molecular formula is C16H20ClFN4O. The van der Waals surface area contributed by atoms with Crippen LogP contribution in [0.3, 0.4) is 0 Å². The van der Waals surface area contributed by atoms with Crippen molar-refractivity contribution in [3.63, 3.8) is 0 Å². The Bertz CT molecular complexity index is 670. The van der Waals surface area contributed by atoms with E-state index in [0.29, 0.717) is 17.8 Å². The Hall–Kier alpha value is -1.50. The van der Waals surface area contributed by atoms with Crippen molar-refractivity contribution >= 4 is 11.6 Å². The molecule has 3 rings (SSSR count). The second kappa shape index (κ2) is 6.95. The van der Waals surface area contributed by atoms with Gasteiger partial charge in [-0.25, -0.2) is 4.39 Å². The number of likely N-dealkylation sites (tertiary alicyclic amines) is 1. The van der Waals surface area contributed by atoms with Crippen LogP contribution in [0, 0.1) is 12.7 Å². The van der Waals surface area contributed by atoms with Crippen LogP contribution in [-0.2, 0) is 0 Å². The topological polar surface area (TPSA) is 54.2 Å². The third-order valence-electron chi connectivity index (χ3n) is 4.20. The predicted molar refractivity (Wildman–Crippen MR) is 85.9 cm³/mol. The number of aryl methyl sites for hydroxylation is 1. The van der Waals surface area contributed by atoms with E-state index in [0.717, 1.165) is 31.5 Å². The summed E-state index contributed by atoms with van der Waals surface area (Å²) in [7, 11) is 2.12. The van der Waals surface area contributed by atoms with E-state index in [2.05, 4.69) is 27.4 Å². The van der Waals surface area contributed by atoms with Gasteiger partial charge in [-0.15, -0.1) is 0 Å². The van der Waals surface area contributed by atoms with Crippen molar-refractivity contribution in [3.05, 3.63) is 46.3 Å². The molecule has 1 aromatic carbocycles. The van der Waals surface area contributed by atoms with Crippen molar-refractivity contribution in [3.8, 4) is 0 Å². The Morgan fingerprint density at radius 1 is 1.39 bits per heavy atom. The van der Waals surface area contributed by atoms with E-state index in [9.17, 15) is 4.39 Å². The van der Waals surface area contributed by atoms with Crippen molar-refractivity contribution in [1.29, 1.82) is 0 Å². The number of hydrogen-bond donors (Lipinski definition) is 1. The lowest BCUT2D eigenvalue weighted by molar-refractivity contribution is 0.227. The fourth-order valence-electron chi connectivity index (χ4n) is 2.85. The molecule has 1 aliphatic rings. The number of rotatable bonds is 4. The van der Waals surface area contributed by atoms with E-state index in [1.807, 2.05) is 0 Å². The van der Waals surface area contributed by atoms with Crippen LogP contribution in [0.15, 0.2) is 22.7 Å². The third kappa shape index (κ3) is 3.88. The van der Waals surface area contributed by atoms with Crippen LogP contribution in [0.5, 0.6) is 0 Å². The number of nitrogens with zero attached hydrogens (tertiary/aromatic N) is 3. The number of nitrogens with one attached hydrogen (secondary N) is 1. The summed E-state index contributed by atoms with van der Waals surface area (Å²) >= 11 is 5.79. The number of hydrogen-bond acceptors (Lipinski definition) is 5. The first-order valence-corrected chi connectivity index (χ1v) is 8.10. The minimum Gasteiger partial charge on any atom is -0.340 e. The highest BCUT2D eigenvalue weighted by atomic mass is 35.5. The molecule has 5 nitrogen and oxygen atoms in total. The second-order valence-corrected chi connectivity index (χ2v) is 6.43. The van der Waals surface area contributed by atoms with Crippen LogP contribution in [0.25, 0.3) is 0 Å². The van der Waals surface area contributed by atoms with Gasteiger partial charge >= 0.3 is 0 Å². The highest BCUT2D eigenvalue weighted by Gasteiger charge is 2.26. The second-order valence-electron chi connectivity index (χ2n) is 6.02. The van der Waals surface area contributed by atoms with Gasteiger partial charge in [-0.1, -0.05) is 22.8 Å². The van der Waals surface area contributed by atoms with Gasteiger partial charge in [0, 0.05) is 13.0 Å². The van der Waals surface area contributed by atoms with E-state index in [1.54, 1.807) is 19.1 Å². The van der Waals surface area contributed by atoms with Crippen LogP contribution in [0.2, 0.25) is 5.02 Å². The summed E-state index contributed by atoms with van der Waals surface area (Å²) in [6.07, 6.45) is 2.06. The fourth-order valence-corrected chi connectivity index (χ4v) is 2.97. The van der Waals surface area contributed by atoms with Crippen molar-refractivity contribution in [2.45, 2.75) is 31.8 Å². The standard InChI is InChI=1S/C16H20ClFN4O/c1-10-19-16(21-23-10)15(11-3-4-13(17)14(18)9-11)20-12-5-7-22(2)8-6-12/h3-4,9,12,15,20H,5-8H2,1-2H3/t15-/m1/s1. The average Bonchev–Trinajstić information content (AvgIpc) is 2.96. The van der Waals surface area contributed by atoms with Crippen LogP contribution >= 0.6 is 11.6 Å². The van der Waals surface area contributed by atoms with Crippen molar-refractivity contribution in [2.24, 2.45) is 0 Å². The van der Waals surface area contributed by atoms with Crippen molar-refractivity contribution in [1.82, 2.24) is 20.4 Å². The summed E-state index contributed by atoms with van der Waals surface area (Å²) in [5.41, 5.74) is 0.742. The van der Waals surface area contributed by atoms with Crippen LogP contribution < -0.4 is 5.32 Å². The lowest BCUT2D eigenvalue weighted by Gasteiger charge is -2.32. The molecule has 1 fully saturated rings. The smallest absolute Gasteiger partial charge is 0.223 e. The fraction of sp³-hybridized carbons (Fsp3) is 0.500. The lowest BCUT2D eigenvalue weighted by atomic mass is 10.0. The maximum absolute atomic E-state index is 13.9. The molecule has 2 aromatic rings. The molecule has 0 bridgehead atoms. The Morgan fingerprint density at radius 3 is 2.74 bits per heavy atom. The highest BCUT2D eigenvalue weighted by molar-refractivity contribution is 6.30. The number of halogens is 2. The summed E-state index contributed by atoms with van der Waals surface area (Å²) in [5.74, 6) is 0.562. The number of aromatic nitrogens is 2. The maximum atomic E-state index is 13.9. The highest BCUT2D eigenvalue weighted by Crippen LogP contribution is 2.26. The first kappa shape index (κ1) is 16.4. The van der Waals surface area contributed by atoms with Gasteiger partial charge in [0.15, 0.2) is 5.82 Å². The molecule has 7 heteroatoms. The zero-order chi connectivity index (χ0) is 16.4. The monoisotopic (exact) mass is 338 g/mol. The van der Waals surface area contributed by atoms with Gasteiger partial charge in [0.2, 0.25) is 5.89 Å². The molecule has 0 radical (unpaired) electrons. The maximum Gasteiger partial charge on any atom is 0.223 e. The molecular weight excluding hydrogens is 319 g/mol. The van der Waals surface area contributed by atoms with E-state index >= 15 is 0 Å². The van der Waals surface area contributed by atoms with Gasteiger partial charge in [0.1, 0.15) is 5.82 Å². The molecule has 2 heterocycles. The molecule has 0 amide bonds. The molecule has 23 heavy (non-hydrogen) atoms. The molecule has 124 valence electrons. The molecule has 0 aliphatic carbocycles. The average molecular weight is 339 g/mol. The predicted octanol–water partition coefficient (Wildman–Crippen LogP) is 2.94. The number of piperidine rings is 1. The lowest BCUT2D eigenvalue weighted by Crippen LogP contribution is -2.42. The van der Waals surface area contributed by atoms with Gasteiger partial charge < -0.3 is 14.7 Å². The van der Waals surface area contributed by atoms with Gasteiger partial charge in [-0.3, -0.25) is 0 Å². The molecule has 1 atom stereocenters. The van der Waals surface area contributed by atoms with E-state index < -0.39 is 5.82 Å². The summed E-state index contributed by atoms with van der Waals surface area (Å²) in [4.78, 5) is 6.61. The number of benzene rings is 1. The Labute approximate surface area is 139 Å². The van der Waals surface area contributed by atoms with Crippen molar-refractivity contribution < 1.29 is 8.91 Å². The van der Waals surface area contributed by atoms with Gasteiger partial charge in [0.05, 0.1) is 11.1 Å². The summed E-state index contributed by atoms with van der Waals surface area (Å²) in [6, 6.07) is 4.80. The quantitative estimate of drug-likeness (QED) is 0.929. The Morgan fingerprint density at radius 2 is 2.13 bits per heavy atom. The Kier molecular flexibility index (Phi) is 4.94. The first-order valence-electron chi connectivity index (χ1n) is 7.72. The Balaban J connectivity index is 1.86. The van der Waals surface area contributed by atoms with Crippen LogP contribution in [0.4, 0.5) is 4.39 Å². The van der Waals surface area contributed by atoms with Gasteiger partial charge in [0.25, 0.3) is 0 Å². The zero-order valence-electron chi connectivity index (χ0n) is 13.2. The van der Waals surface area contributed by atoms with Crippen LogP contribution in [0.1, 0.15) is 36.2 Å². The summed E-state index contributed by atoms with van der Waals surface area (Å²) < 4.78 is 19.0. The van der Waals surface area contributed by atoms with E-state index in [-0.39, 0.29) is 11.1 Å². The third-order valence-corrected chi connectivity index (χ3v) is 4.51. The zero-order valence-corrected chi connectivity index (χ0v) is 14.0. The van der Waals surface area contributed by atoms with Gasteiger partial charge in [-0.2, -0.15) is 4.98 Å².